The van der Waals surface area contributed by atoms with E-state index in [9.17, 15) is 0 Å². The molecule has 1 aliphatic heterocycles. The molecule has 1 aliphatic rings. The largest absolute Gasteiger partial charge is 0.330 e. The Kier molecular flexibility index (Phi) is 5.96. The van der Waals surface area contributed by atoms with Crippen molar-refractivity contribution in [2.24, 2.45) is 11.7 Å². The molecule has 0 spiro atoms. The number of hydrogen-bond donors (Lipinski definition) is 1. The Hall–Kier alpha value is -0.340. The Morgan fingerprint density at radius 1 is 1.40 bits per heavy atom. The molecule has 15 heavy (non-hydrogen) atoms. The van der Waals surface area contributed by atoms with E-state index in [1.807, 2.05) is 6.08 Å². The maximum atomic E-state index is 5.71. The number of likely N-dealkylation sites (tertiary alicyclic amines) is 1. The molecule has 2 heteroatoms. The number of nitrogens with two attached hydrogens (primary N) is 1. The van der Waals surface area contributed by atoms with Crippen LogP contribution in [0.15, 0.2) is 12.7 Å². The summed E-state index contributed by atoms with van der Waals surface area (Å²) < 4.78 is 0. The fourth-order valence-corrected chi connectivity index (χ4v) is 2.48. The maximum absolute atomic E-state index is 5.71. The van der Waals surface area contributed by atoms with E-state index in [1.54, 1.807) is 0 Å². The van der Waals surface area contributed by atoms with Crippen molar-refractivity contribution in [3.05, 3.63) is 12.7 Å². The minimum Gasteiger partial charge on any atom is -0.330 e. The van der Waals surface area contributed by atoms with Gasteiger partial charge in [0.15, 0.2) is 0 Å². The molecule has 0 aromatic carbocycles. The van der Waals surface area contributed by atoms with Crippen LogP contribution in [0, 0.1) is 5.92 Å². The number of nitrogens with zero attached hydrogens (tertiary/aromatic N) is 1. The predicted octanol–water partition coefficient (Wildman–Crippen LogP) is 2.40. The number of hydrogen-bond acceptors (Lipinski definition) is 2. The van der Waals surface area contributed by atoms with Gasteiger partial charge >= 0.3 is 0 Å². The first-order valence-electron chi connectivity index (χ1n) is 6.33. The second kappa shape index (κ2) is 7.02. The van der Waals surface area contributed by atoms with Crippen LogP contribution in [0.3, 0.4) is 0 Å². The fourth-order valence-electron chi connectivity index (χ4n) is 2.48. The average molecular weight is 210 g/mol. The Bertz CT molecular complexity index is 179. The highest BCUT2D eigenvalue weighted by molar-refractivity contribution is 4.82. The molecular weight excluding hydrogens is 184 g/mol. The monoisotopic (exact) mass is 210 g/mol. The molecule has 0 aromatic heterocycles. The maximum Gasteiger partial charge on any atom is 0.00706 e. The van der Waals surface area contributed by atoms with Crippen molar-refractivity contribution in [3.63, 3.8) is 0 Å². The van der Waals surface area contributed by atoms with E-state index in [2.05, 4.69) is 18.4 Å². The van der Waals surface area contributed by atoms with Crippen molar-refractivity contribution in [2.45, 2.75) is 45.1 Å². The van der Waals surface area contributed by atoms with Crippen molar-refractivity contribution in [2.75, 3.05) is 19.6 Å². The summed E-state index contributed by atoms with van der Waals surface area (Å²) in [6, 6.07) is 0.748. The molecule has 2 nitrogen and oxygen atoms in total. The number of unbranched alkanes of at least 4 members (excludes halogenated alkanes) is 3. The van der Waals surface area contributed by atoms with Crippen molar-refractivity contribution < 1.29 is 0 Å². The molecule has 2 N–H and O–H groups in total. The summed E-state index contributed by atoms with van der Waals surface area (Å²) in [4.78, 5) is 2.60. The molecule has 1 fully saturated rings. The van der Waals surface area contributed by atoms with Crippen molar-refractivity contribution in [1.82, 2.24) is 4.90 Å². The van der Waals surface area contributed by atoms with Crippen LogP contribution < -0.4 is 5.73 Å². The Morgan fingerprint density at radius 2 is 2.20 bits per heavy atom. The molecule has 1 rings (SSSR count). The summed E-state index contributed by atoms with van der Waals surface area (Å²) in [5.41, 5.74) is 5.71. The first kappa shape index (κ1) is 12.7. The molecule has 1 saturated heterocycles. The molecule has 1 heterocycles. The van der Waals surface area contributed by atoms with Crippen molar-refractivity contribution in [3.8, 4) is 0 Å². The summed E-state index contributed by atoms with van der Waals surface area (Å²) in [6.45, 7) is 9.42. The minimum atomic E-state index is 0.744. The molecular formula is C13H26N2. The van der Waals surface area contributed by atoms with E-state index in [0.717, 1.165) is 18.5 Å². The van der Waals surface area contributed by atoms with Crippen LogP contribution in [0.2, 0.25) is 0 Å². The van der Waals surface area contributed by atoms with E-state index in [-0.39, 0.29) is 0 Å². The summed E-state index contributed by atoms with van der Waals surface area (Å²) >= 11 is 0. The molecule has 0 amide bonds. The summed E-state index contributed by atoms with van der Waals surface area (Å²) in [5, 5.41) is 0. The first-order valence-corrected chi connectivity index (χ1v) is 6.33. The second-order valence-electron chi connectivity index (χ2n) is 4.82. The van der Waals surface area contributed by atoms with Gasteiger partial charge in [-0.05, 0) is 51.6 Å². The zero-order chi connectivity index (χ0) is 11.1. The molecule has 0 aromatic rings. The quantitative estimate of drug-likeness (QED) is 0.516. The lowest BCUT2D eigenvalue weighted by Crippen LogP contribution is -2.28. The Labute approximate surface area is 94.5 Å². The van der Waals surface area contributed by atoms with Crippen LogP contribution in [0.5, 0.6) is 0 Å². The van der Waals surface area contributed by atoms with E-state index in [4.69, 9.17) is 5.73 Å². The topological polar surface area (TPSA) is 29.3 Å². The highest BCUT2D eigenvalue weighted by Gasteiger charge is 2.26. The minimum absolute atomic E-state index is 0.744. The van der Waals surface area contributed by atoms with Gasteiger partial charge < -0.3 is 10.6 Å². The highest BCUT2D eigenvalue weighted by atomic mass is 15.2. The van der Waals surface area contributed by atoms with Gasteiger partial charge in [-0.25, -0.2) is 0 Å². The van der Waals surface area contributed by atoms with Crippen molar-refractivity contribution in [1.29, 1.82) is 0 Å². The van der Waals surface area contributed by atoms with E-state index in [0.29, 0.717) is 0 Å². The van der Waals surface area contributed by atoms with Gasteiger partial charge in [0.2, 0.25) is 0 Å². The average Bonchev–Trinajstić information content (AvgIpc) is 2.59. The van der Waals surface area contributed by atoms with Gasteiger partial charge in [-0.3, -0.25) is 0 Å². The van der Waals surface area contributed by atoms with E-state index >= 15 is 0 Å². The van der Waals surface area contributed by atoms with Crippen LogP contribution in [0.25, 0.3) is 0 Å². The normalized spacial score (nSPS) is 27.1. The fraction of sp³-hybridized carbons (Fsp3) is 0.846. The third kappa shape index (κ3) is 4.35. The number of rotatable bonds is 7. The zero-order valence-corrected chi connectivity index (χ0v) is 10.1. The molecule has 0 saturated carbocycles. The van der Waals surface area contributed by atoms with Crippen LogP contribution in [0.1, 0.15) is 39.0 Å². The van der Waals surface area contributed by atoms with Crippen LogP contribution in [0.4, 0.5) is 0 Å². The van der Waals surface area contributed by atoms with E-state index < -0.39 is 0 Å². The van der Waals surface area contributed by atoms with Crippen LogP contribution >= 0.6 is 0 Å². The lowest BCUT2D eigenvalue weighted by molar-refractivity contribution is 0.258. The molecule has 0 aliphatic carbocycles. The lowest BCUT2D eigenvalue weighted by Gasteiger charge is -2.20. The van der Waals surface area contributed by atoms with Gasteiger partial charge in [0, 0.05) is 12.6 Å². The van der Waals surface area contributed by atoms with Gasteiger partial charge in [-0.1, -0.05) is 12.5 Å². The predicted molar refractivity (Wildman–Crippen MR) is 66.9 cm³/mol. The first-order chi connectivity index (χ1) is 7.27. The highest BCUT2D eigenvalue weighted by Crippen LogP contribution is 2.22. The van der Waals surface area contributed by atoms with Gasteiger partial charge in [0.1, 0.15) is 0 Å². The zero-order valence-electron chi connectivity index (χ0n) is 10.1. The molecule has 0 radical (unpaired) electrons. The SMILES string of the molecule is C=CCCCCCN1CC(CN)CC1C. The standard InChI is InChI=1S/C13H26N2/c1-3-4-5-6-7-8-15-11-13(10-14)9-12(15)2/h3,12-13H,1,4-11,14H2,2H3. The second-order valence-corrected chi connectivity index (χ2v) is 4.82. The smallest absolute Gasteiger partial charge is 0.00706 e. The van der Waals surface area contributed by atoms with Crippen LogP contribution in [-0.4, -0.2) is 30.6 Å². The van der Waals surface area contributed by atoms with Gasteiger partial charge in [-0.15, -0.1) is 6.58 Å². The Balaban J connectivity index is 2.08. The van der Waals surface area contributed by atoms with Gasteiger partial charge in [0.25, 0.3) is 0 Å². The van der Waals surface area contributed by atoms with E-state index in [1.165, 1.54) is 45.2 Å². The molecule has 2 unspecified atom stereocenters. The molecule has 0 bridgehead atoms. The lowest BCUT2D eigenvalue weighted by atomic mass is 10.1. The van der Waals surface area contributed by atoms with Gasteiger partial charge in [0.05, 0.1) is 0 Å². The Morgan fingerprint density at radius 3 is 2.80 bits per heavy atom. The van der Waals surface area contributed by atoms with Gasteiger partial charge in [-0.2, -0.15) is 0 Å². The molecule has 2 atom stereocenters. The summed E-state index contributed by atoms with van der Waals surface area (Å²) in [5.74, 6) is 0.744. The summed E-state index contributed by atoms with van der Waals surface area (Å²) in [6.07, 6.45) is 8.44. The number of allylic oxidation sites excluding steroid dienone is 1. The third-order valence-electron chi connectivity index (χ3n) is 3.48. The van der Waals surface area contributed by atoms with Crippen molar-refractivity contribution >= 4 is 0 Å². The van der Waals surface area contributed by atoms with Crippen LogP contribution in [-0.2, 0) is 0 Å². The summed E-state index contributed by atoms with van der Waals surface area (Å²) in [7, 11) is 0. The molecule has 88 valence electrons. The third-order valence-corrected chi connectivity index (χ3v) is 3.48.